The topological polar surface area (TPSA) is 32.3 Å². The maximum absolute atomic E-state index is 12.7. The number of benzene rings is 2. The molecule has 21 heavy (non-hydrogen) atoms. The van der Waals surface area contributed by atoms with E-state index >= 15 is 0 Å². The van der Waals surface area contributed by atoms with Crippen molar-refractivity contribution in [3.05, 3.63) is 59.1 Å². The number of carbonyl (C=O) groups excluding carboxylic acids is 1. The van der Waals surface area contributed by atoms with E-state index in [0.29, 0.717) is 11.6 Å². The average Bonchev–Trinajstić information content (AvgIpc) is 2.43. The third-order valence-electron chi connectivity index (χ3n) is 3.65. The molecule has 2 aromatic carbocycles. The van der Waals surface area contributed by atoms with E-state index in [1.54, 1.807) is 0 Å². The predicted octanol–water partition coefficient (Wildman–Crippen LogP) is 4.08. The summed E-state index contributed by atoms with van der Waals surface area (Å²) in [5, 5.41) is 3.98. The van der Waals surface area contributed by atoms with Gasteiger partial charge in [-0.3, -0.25) is 4.79 Å². The Morgan fingerprint density at radius 2 is 1.90 bits per heavy atom. The molecule has 0 aromatic heterocycles. The lowest BCUT2D eigenvalue weighted by Gasteiger charge is -2.40. The van der Waals surface area contributed by atoms with Gasteiger partial charge in [0.2, 0.25) is 0 Å². The molecule has 1 amide bonds. The van der Waals surface area contributed by atoms with Crippen LogP contribution in [0.5, 0.6) is 0 Å². The average molecular weight is 301 g/mol. The van der Waals surface area contributed by atoms with Gasteiger partial charge in [-0.1, -0.05) is 35.9 Å². The number of hydrogen-bond acceptors (Lipinski definition) is 2. The molecular formula is C17H17ClN2O. The van der Waals surface area contributed by atoms with Crippen LogP contribution >= 0.6 is 11.6 Å². The summed E-state index contributed by atoms with van der Waals surface area (Å²) >= 11 is 6.04. The maximum Gasteiger partial charge on any atom is 0.252 e. The Morgan fingerprint density at radius 3 is 2.67 bits per heavy atom. The number of fused-ring (bicyclic) bond motifs is 1. The van der Waals surface area contributed by atoms with E-state index in [1.165, 1.54) is 0 Å². The van der Waals surface area contributed by atoms with Crippen molar-refractivity contribution in [1.82, 2.24) is 0 Å². The number of nitrogens with zero attached hydrogens (tertiary/aromatic N) is 1. The Bertz CT molecular complexity index is 697. The summed E-state index contributed by atoms with van der Waals surface area (Å²) in [5.74, 6) is 0.0566. The fourth-order valence-electron chi connectivity index (χ4n) is 2.63. The Hall–Kier alpha value is -2.00. The van der Waals surface area contributed by atoms with Gasteiger partial charge in [0.05, 0.1) is 17.9 Å². The van der Waals surface area contributed by atoms with Crippen LogP contribution in [0.1, 0.15) is 19.4 Å². The van der Waals surface area contributed by atoms with Gasteiger partial charge in [-0.15, -0.1) is 0 Å². The number of halogens is 1. The maximum atomic E-state index is 12.7. The molecule has 4 heteroatoms. The Labute approximate surface area is 129 Å². The van der Waals surface area contributed by atoms with E-state index in [0.717, 1.165) is 16.9 Å². The Kier molecular flexibility index (Phi) is 3.38. The van der Waals surface area contributed by atoms with Crippen molar-refractivity contribution in [2.45, 2.75) is 25.9 Å². The number of rotatable bonds is 2. The minimum Gasteiger partial charge on any atom is -0.370 e. The molecule has 0 unspecified atom stereocenters. The van der Waals surface area contributed by atoms with Crippen LogP contribution < -0.4 is 10.2 Å². The van der Waals surface area contributed by atoms with Crippen molar-refractivity contribution in [2.75, 3.05) is 10.2 Å². The molecule has 0 aliphatic carbocycles. The van der Waals surface area contributed by atoms with Crippen LogP contribution in [0, 0.1) is 0 Å². The number of carbonyl (C=O) groups is 1. The zero-order chi connectivity index (χ0) is 15.0. The van der Waals surface area contributed by atoms with Gasteiger partial charge in [-0.05, 0) is 43.7 Å². The van der Waals surface area contributed by atoms with Crippen LogP contribution in [0.3, 0.4) is 0 Å². The molecule has 108 valence electrons. The quantitative estimate of drug-likeness (QED) is 0.906. The Balaban J connectivity index is 2.01. The summed E-state index contributed by atoms with van der Waals surface area (Å²) in [7, 11) is 0. The van der Waals surface area contributed by atoms with Gasteiger partial charge in [0.15, 0.2) is 0 Å². The van der Waals surface area contributed by atoms with Crippen LogP contribution in [0.15, 0.2) is 48.5 Å². The van der Waals surface area contributed by atoms with Crippen LogP contribution in [0.2, 0.25) is 5.02 Å². The van der Waals surface area contributed by atoms with E-state index in [4.69, 9.17) is 11.6 Å². The van der Waals surface area contributed by atoms with Crippen molar-refractivity contribution in [3.8, 4) is 0 Å². The first-order valence-corrected chi connectivity index (χ1v) is 7.29. The third kappa shape index (κ3) is 2.61. The molecule has 1 heterocycles. The number of amides is 1. The number of anilines is 2. The second-order valence-corrected chi connectivity index (χ2v) is 6.22. The van der Waals surface area contributed by atoms with E-state index in [1.807, 2.05) is 67.3 Å². The summed E-state index contributed by atoms with van der Waals surface area (Å²) in [4.78, 5) is 14.5. The Morgan fingerprint density at radius 1 is 1.14 bits per heavy atom. The van der Waals surface area contributed by atoms with Gasteiger partial charge in [-0.2, -0.15) is 0 Å². The first kappa shape index (κ1) is 14.0. The molecule has 0 atom stereocenters. The zero-order valence-electron chi connectivity index (χ0n) is 12.1. The fourth-order valence-corrected chi connectivity index (χ4v) is 2.84. The van der Waals surface area contributed by atoms with E-state index in [-0.39, 0.29) is 5.91 Å². The van der Waals surface area contributed by atoms with E-state index in [2.05, 4.69) is 5.32 Å². The van der Waals surface area contributed by atoms with Crippen molar-refractivity contribution >= 4 is 28.9 Å². The summed E-state index contributed by atoms with van der Waals surface area (Å²) in [6.07, 6.45) is 0. The van der Waals surface area contributed by atoms with Gasteiger partial charge < -0.3 is 10.2 Å². The molecule has 0 saturated carbocycles. The van der Waals surface area contributed by atoms with Crippen molar-refractivity contribution in [2.24, 2.45) is 0 Å². The van der Waals surface area contributed by atoms with E-state index in [9.17, 15) is 4.79 Å². The smallest absolute Gasteiger partial charge is 0.252 e. The summed E-state index contributed by atoms with van der Waals surface area (Å²) in [6.45, 7) is 4.31. The molecule has 2 aromatic rings. The van der Waals surface area contributed by atoms with Crippen LogP contribution in [-0.4, -0.2) is 11.4 Å². The molecule has 0 bridgehead atoms. The highest BCUT2D eigenvalue weighted by molar-refractivity contribution is 6.30. The number of para-hydroxylation sites is 2. The molecular weight excluding hydrogens is 284 g/mol. The molecule has 1 aliphatic heterocycles. The summed E-state index contributed by atoms with van der Waals surface area (Å²) in [6, 6.07) is 15.5. The van der Waals surface area contributed by atoms with Crippen LogP contribution in [0.4, 0.5) is 11.4 Å². The highest BCUT2D eigenvalue weighted by atomic mass is 35.5. The zero-order valence-corrected chi connectivity index (χ0v) is 12.8. The van der Waals surface area contributed by atoms with Crippen molar-refractivity contribution in [3.63, 3.8) is 0 Å². The molecule has 3 nitrogen and oxygen atoms in total. The lowest BCUT2D eigenvalue weighted by Crippen LogP contribution is -2.53. The first-order chi connectivity index (χ1) is 9.97. The second kappa shape index (κ2) is 5.08. The van der Waals surface area contributed by atoms with Crippen LogP contribution in [0.25, 0.3) is 0 Å². The minimum atomic E-state index is -0.618. The normalized spacial score (nSPS) is 16.3. The van der Waals surface area contributed by atoms with Gasteiger partial charge in [0, 0.05) is 5.02 Å². The van der Waals surface area contributed by atoms with Gasteiger partial charge in [0.1, 0.15) is 5.54 Å². The monoisotopic (exact) mass is 300 g/mol. The predicted molar refractivity (Wildman–Crippen MR) is 86.8 cm³/mol. The molecule has 0 radical (unpaired) electrons. The second-order valence-electron chi connectivity index (χ2n) is 5.79. The minimum absolute atomic E-state index is 0.0566. The first-order valence-electron chi connectivity index (χ1n) is 6.91. The van der Waals surface area contributed by atoms with Gasteiger partial charge in [-0.25, -0.2) is 0 Å². The largest absolute Gasteiger partial charge is 0.370 e. The van der Waals surface area contributed by atoms with E-state index < -0.39 is 5.54 Å². The molecule has 0 spiro atoms. The summed E-state index contributed by atoms with van der Waals surface area (Å²) < 4.78 is 0. The summed E-state index contributed by atoms with van der Waals surface area (Å²) in [5.41, 5.74) is 2.28. The molecule has 3 rings (SSSR count). The van der Waals surface area contributed by atoms with Crippen molar-refractivity contribution < 1.29 is 4.79 Å². The lowest BCUT2D eigenvalue weighted by atomic mass is 9.97. The molecule has 1 aliphatic rings. The molecule has 0 saturated heterocycles. The highest BCUT2D eigenvalue weighted by Crippen LogP contribution is 2.36. The third-order valence-corrected chi connectivity index (χ3v) is 3.89. The lowest BCUT2D eigenvalue weighted by molar-refractivity contribution is -0.122. The van der Waals surface area contributed by atoms with Crippen molar-refractivity contribution in [1.29, 1.82) is 0 Å². The SMILES string of the molecule is CC1(C)Nc2ccccc2N(Cc2cccc(Cl)c2)C1=O. The van der Waals surface area contributed by atoms with Gasteiger partial charge in [0.25, 0.3) is 5.91 Å². The standard InChI is InChI=1S/C17H17ClN2O/c1-17(2)16(21)20(11-12-6-5-7-13(18)10-12)15-9-4-3-8-14(15)19-17/h3-10,19H,11H2,1-2H3. The number of hydrogen-bond donors (Lipinski definition) is 1. The molecule has 0 fully saturated rings. The highest BCUT2D eigenvalue weighted by Gasteiger charge is 2.38. The van der Waals surface area contributed by atoms with Gasteiger partial charge >= 0.3 is 0 Å². The fraction of sp³-hybridized carbons (Fsp3) is 0.235. The molecule has 1 N–H and O–H groups in total. The van der Waals surface area contributed by atoms with Crippen LogP contribution in [-0.2, 0) is 11.3 Å². The number of nitrogens with one attached hydrogen (secondary N) is 1.